The fraction of sp³-hybridized carbons (Fsp3) is 0.444. The molecule has 0 N–H and O–H groups in total. The molecule has 1 fully saturated rings. The Labute approximate surface area is 135 Å². The molecular formula is C18H22FN3O. The zero-order chi connectivity index (χ0) is 16.2. The number of ketones is 1. The van der Waals surface area contributed by atoms with Crippen molar-refractivity contribution in [2.45, 2.75) is 32.9 Å². The summed E-state index contributed by atoms with van der Waals surface area (Å²) >= 11 is 0. The lowest BCUT2D eigenvalue weighted by Gasteiger charge is -2.31. The lowest BCUT2D eigenvalue weighted by Crippen LogP contribution is -2.38. The van der Waals surface area contributed by atoms with E-state index in [1.165, 1.54) is 12.1 Å². The number of aryl methyl sites for hydroxylation is 1. The number of likely N-dealkylation sites (tertiary alicyclic amines) is 1. The molecule has 0 aliphatic carbocycles. The van der Waals surface area contributed by atoms with Gasteiger partial charge in [-0.25, -0.2) is 9.37 Å². The number of hydrogen-bond donors (Lipinski definition) is 0. The van der Waals surface area contributed by atoms with Crippen LogP contribution < -0.4 is 0 Å². The molecule has 0 saturated carbocycles. The van der Waals surface area contributed by atoms with Gasteiger partial charge in [-0.1, -0.05) is 0 Å². The fourth-order valence-corrected chi connectivity index (χ4v) is 3.24. The van der Waals surface area contributed by atoms with Gasteiger partial charge in [-0.05, 0) is 50.6 Å². The predicted octanol–water partition coefficient (Wildman–Crippen LogP) is 3.14. The lowest BCUT2D eigenvalue weighted by atomic mass is 9.90. The maximum absolute atomic E-state index is 13.0. The molecule has 3 rings (SSSR count). The third-order valence-corrected chi connectivity index (χ3v) is 4.51. The topological polar surface area (TPSA) is 38.1 Å². The Bertz CT molecular complexity index is 665. The summed E-state index contributed by atoms with van der Waals surface area (Å²) in [5, 5.41) is 0. The van der Waals surface area contributed by atoms with Crippen LogP contribution in [0.3, 0.4) is 0 Å². The Balaban J connectivity index is 1.66. The van der Waals surface area contributed by atoms with Crippen molar-refractivity contribution in [3.05, 3.63) is 53.9 Å². The first-order valence-electron chi connectivity index (χ1n) is 8.19. The summed E-state index contributed by atoms with van der Waals surface area (Å²) < 4.78 is 15.1. The maximum atomic E-state index is 13.0. The molecule has 1 aliphatic rings. The number of carbonyl (C=O) groups is 1. The van der Waals surface area contributed by atoms with E-state index in [0.717, 1.165) is 44.8 Å². The summed E-state index contributed by atoms with van der Waals surface area (Å²) in [5.74, 6) is 0.841. The highest BCUT2D eigenvalue weighted by Crippen LogP contribution is 2.22. The normalized spacial score (nSPS) is 19.0. The van der Waals surface area contributed by atoms with Crippen LogP contribution in [0.25, 0.3) is 0 Å². The average Bonchev–Trinajstić information content (AvgIpc) is 3.02. The van der Waals surface area contributed by atoms with Crippen LogP contribution in [0.4, 0.5) is 4.39 Å². The largest absolute Gasteiger partial charge is 0.334 e. The van der Waals surface area contributed by atoms with Crippen LogP contribution >= 0.6 is 0 Å². The van der Waals surface area contributed by atoms with E-state index in [1.807, 2.05) is 12.4 Å². The van der Waals surface area contributed by atoms with Crippen molar-refractivity contribution < 1.29 is 9.18 Å². The summed E-state index contributed by atoms with van der Waals surface area (Å²) in [7, 11) is 0. The number of piperidine rings is 1. The minimum atomic E-state index is -0.307. The van der Waals surface area contributed by atoms with Crippen molar-refractivity contribution in [3.8, 4) is 0 Å². The first kappa shape index (κ1) is 15.9. The molecule has 2 heterocycles. The molecule has 4 nitrogen and oxygen atoms in total. The van der Waals surface area contributed by atoms with Gasteiger partial charge < -0.3 is 4.57 Å². The van der Waals surface area contributed by atoms with E-state index in [0.29, 0.717) is 5.56 Å². The van der Waals surface area contributed by atoms with E-state index >= 15 is 0 Å². The Morgan fingerprint density at radius 3 is 2.87 bits per heavy atom. The third kappa shape index (κ3) is 3.67. The maximum Gasteiger partial charge on any atom is 0.167 e. The number of halogens is 1. The lowest BCUT2D eigenvalue weighted by molar-refractivity contribution is 0.0807. The number of hydrogen-bond acceptors (Lipinski definition) is 3. The predicted molar refractivity (Wildman–Crippen MR) is 86.6 cm³/mol. The Morgan fingerprint density at radius 1 is 1.35 bits per heavy atom. The van der Waals surface area contributed by atoms with Gasteiger partial charge in [0.1, 0.15) is 11.6 Å². The van der Waals surface area contributed by atoms with E-state index in [-0.39, 0.29) is 17.5 Å². The van der Waals surface area contributed by atoms with Crippen molar-refractivity contribution in [2.24, 2.45) is 5.92 Å². The molecule has 1 saturated heterocycles. The van der Waals surface area contributed by atoms with Gasteiger partial charge in [0.25, 0.3) is 0 Å². The van der Waals surface area contributed by atoms with Gasteiger partial charge in [0.15, 0.2) is 5.78 Å². The third-order valence-electron chi connectivity index (χ3n) is 4.51. The van der Waals surface area contributed by atoms with Crippen LogP contribution in [0.15, 0.2) is 36.7 Å². The zero-order valence-electron chi connectivity index (χ0n) is 13.4. The highest BCUT2D eigenvalue weighted by atomic mass is 19.1. The molecule has 1 atom stereocenters. The molecule has 2 aromatic rings. The fourth-order valence-electron chi connectivity index (χ4n) is 3.24. The molecular weight excluding hydrogens is 293 g/mol. The molecule has 122 valence electrons. The highest BCUT2D eigenvalue weighted by Gasteiger charge is 2.27. The highest BCUT2D eigenvalue weighted by molar-refractivity contribution is 5.98. The van der Waals surface area contributed by atoms with Crippen molar-refractivity contribution in [2.75, 3.05) is 13.1 Å². The van der Waals surface area contributed by atoms with E-state index < -0.39 is 0 Å². The van der Waals surface area contributed by atoms with E-state index in [1.54, 1.807) is 12.1 Å². The van der Waals surface area contributed by atoms with Gasteiger partial charge in [-0.15, -0.1) is 0 Å². The number of carbonyl (C=O) groups excluding carboxylic acids is 1. The second kappa shape index (κ2) is 7.04. The van der Waals surface area contributed by atoms with E-state index in [9.17, 15) is 9.18 Å². The van der Waals surface area contributed by atoms with Crippen LogP contribution in [0, 0.1) is 11.7 Å². The van der Waals surface area contributed by atoms with Crippen molar-refractivity contribution in [1.29, 1.82) is 0 Å². The summed E-state index contributed by atoms with van der Waals surface area (Å²) in [4.78, 5) is 19.3. The zero-order valence-corrected chi connectivity index (χ0v) is 13.4. The molecule has 1 aromatic heterocycles. The first-order valence-corrected chi connectivity index (χ1v) is 8.19. The minimum Gasteiger partial charge on any atom is -0.334 e. The summed E-state index contributed by atoms with van der Waals surface area (Å²) in [6, 6.07) is 5.87. The molecule has 0 radical (unpaired) electrons. The molecule has 5 heteroatoms. The van der Waals surface area contributed by atoms with Gasteiger partial charge >= 0.3 is 0 Å². The first-order chi connectivity index (χ1) is 11.2. The molecule has 1 aromatic carbocycles. The Morgan fingerprint density at radius 2 is 2.13 bits per heavy atom. The number of nitrogens with zero attached hydrogens (tertiary/aromatic N) is 3. The number of aromatic nitrogens is 2. The van der Waals surface area contributed by atoms with Gasteiger partial charge in [0.05, 0.1) is 6.54 Å². The Kier molecular flexibility index (Phi) is 4.86. The standard InChI is InChI=1S/C18H22FN3O/c1-2-22-11-9-20-17(22)13-21-10-3-4-15(12-21)18(23)14-5-7-16(19)8-6-14/h5-9,11,15H,2-4,10,12-13H2,1H3. The molecule has 0 amide bonds. The molecule has 1 aliphatic heterocycles. The van der Waals surface area contributed by atoms with Crippen molar-refractivity contribution >= 4 is 5.78 Å². The molecule has 0 spiro atoms. The van der Waals surface area contributed by atoms with Crippen molar-refractivity contribution in [3.63, 3.8) is 0 Å². The Hall–Kier alpha value is -2.01. The number of imidazole rings is 1. The number of benzene rings is 1. The van der Waals surface area contributed by atoms with Crippen LogP contribution in [-0.4, -0.2) is 33.3 Å². The van der Waals surface area contributed by atoms with Crippen LogP contribution in [0.1, 0.15) is 35.9 Å². The summed E-state index contributed by atoms with van der Waals surface area (Å²) in [6.07, 6.45) is 5.71. The number of Topliss-reactive ketones (excluding diaryl/α,β-unsaturated/α-hetero) is 1. The van der Waals surface area contributed by atoms with Gasteiger partial charge in [-0.2, -0.15) is 0 Å². The molecule has 1 unspecified atom stereocenters. The quantitative estimate of drug-likeness (QED) is 0.796. The SMILES string of the molecule is CCn1ccnc1CN1CCCC(C(=O)c2ccc(F)cc2)C1. The minimum absolute atomic E-state index is 0.0146. The van der Waals surface area contributed by atoms with Crippen molar-refractivity contribution in [1.82, 2.24) is 14.5 Å². The van der Waals surface area contributed by atoms with Gasteiger partial charge in [0.2, 0.25) is 0 Å². The van der Waals surface area contributed by atoms with Crippen LogP contribution in [0.5, 0.6) is 0 Å². The van der Waals surface area contributed by atoms with E-state index in [2.05, 4.69) is 21.4 Å². The molecule has 0 bridgehead atoms. The average molecular weight is 315 g/mol. The summed E-state index contributed by atoms with van der Waals surface area (Å²) in [6.45, 7) is 5.51. The van der Waals surface area contributed by atoms with Gasteiger partial charge in [-0.3, -0.25) is 9.69 Å². The second-order valence-corrected chi connectivity index (χ2v) is 6.07. The summed E-state index contributed by atoms with van der Waals surface area (Å²) in [5.41, 5.74) is 0.605. The number of rotatable bonds is 5. The smallest absolute Gasteiger partial charge is 0.167 e. The van der Waals surface area contributed by atoms with Crippen LogP contribution in [-0.2, 0) is 13.1 Å². The monoisotopic (exact) mass is 315 g/mol. The molecule has 23 heavy (non-hydrogen) atoms. The van der Waals surface area contributed by atoms with Gasteiger partial charge in [0, 0.05) is 37.0 Å². The van der Waals surface area contributed by atoms with E-state index in [4.69, 9.17) is 0 Å². The second-order valence-electron chi connectivity index (χ2n) is 6.07. The van der Waals surface area contributed by atoms with Crippen LogP contribution in [0.2, 0.25) is 0 Å².